The molecule has 1 N–H and O–H groups in total. The maximum absolute atomic E-state index is 6.36. The highest BCUT2D eigenvalue weighted by molar-refractivity contribution is 6.31. The van der Waals surface area contributed by atoms with Crippen molar-refractivity contribution in [3.05, 3.63) is 77.3 Å². The molecule has 1 aromatic carbocycles. The van der Waals surface area contributed by atoms with E-state index in [1.807, 2.05) is 47.3 Å². The summed E-state index contributed by atoms with van der Waals surface area (Å²) in [6.45, 7) is 0. The van der Waals surface area contributed by atoms with E-state index in [-0.39, 0.29) is 6.04 Å². The van der Waals surface area contributed by atoms with Crippen LogP contribution in [0.5, 0.6) is 0 Å². The first-order valence-electron chi connectivity index (χ1n) is 6.86. The van der Waals surface area contributed by atoms with Gasteiger partial charge in [-0.15, -0.1) is 0 Å². The Hall–Kier alpha value is -2.66. The number of rotatable bonds is 2. The van der Waals surface area contributed by atoms with E-state index in [4.69, 9.17) is 11.6 Å². The number of pyridine rings is 1. The topological polar surface area (TPSA) is 55.6 Å². The third kappa shape index (κ3) is 2.16. The fourth-order valence-electron chi connectivity index (χ4n) is 2.56. The second-order valence-electron chi connectivity index (χ2n) is 4.94. The van der Waals surface area contributed by atoms with Crippen molar-refractivity contribution in [2.45, 2.75) is 6.04 Å². The van der Waals surface area contributed by atoms with Crippen LogP contribution in [0, 0.1) is 0 Å². The number of anilines is 1. The van der Waals surface area contributed by atoms with Crippen LogP contribution in [0.25, 0.3) is 5.70 Å². The van der Waals surface area contributed by atoms with Crippen LogP contribution in [0.4, 0.5) is 5.95 Å². The number of benzene rings is 1. The lowest BCUT2D eigenvalue weighted by atomic mass is 10.0. The number of hydrogen-bond donors (Lipinski definition) is 1. The lowest BCUT2D eigenvalue weighted by Gasteiger charge is -2.24. The van der Waals surface area contributed by atoms with E-state index in [9.17, 15) is 0 Å². The second-order valence-corrected chi connectivity index (χ2v) is 5.35. The zero-order valence-electron chi connectivity index (χ0n) is 11.5. The first-order chi connectivity index (χ1) is 10.8. The summed E-state index contributed by atoms with van der Waals surface area (Å²) in [6, 6.07) is 11.6. The summed E-state index contributed by atoms with van der Waals surface area (Å²) in [7, 11) is 0. The minimum absolute atomic E-state index is 0.109. The molecule has 0 amide bonds. The molecule has 3 aromatic rings. The predicted molar refractivity (Wildman–Crippen MR) is 85.4 cm³/mol. The van der Waals surface area contributed by atoms with Gasteiger partial charge in [0, 0.05) is 28.7 Å². The van der Waals surface area contributed by atoms with Crippen LogP contribution >= 0.6 is 11.6 Å². The van der Waals surface area contributed by atoms with Gasteiger partial charge in [-0.3, -0.25) is 4.98 Å². The van der Waals surface area contributed by atoms with Crippen LogP contribution in [-0.4, -0.2) is 19.7 Å². The Morgan fingerprint density at radius 1 is 1.14 bits per heavy atom. The van der Waals surface area contributed by atoms with Crippen molar-refractivity contribution in [3.8, 4) is 0 Å². The number of aromatic nitrogens is 4. The molecule has 0 unspecified atom stereocenters. The van der Waals surface area contributed by atoms with E-state index in [1.165, 1.54) is 6.33 Å². The van der Waals surface area contributed by atoms with Crippen molar-refractivity contribution in [1.82, 2.24) is 19.7 Å². The Balaban J connectivity index is 1.86. The molecule has 0 saturated heterocycles. The fourth-order valence-corrected chi connectivity index (χ4v) is 2.81. The number of hydrogen-bond acceptors (Lipinski definition) is 4. The SMILES string of the molecule is Clc1ccccc1[C@@H]1C=C(c2cccnc2)Nc2ncnn21. The monoisotopic (exact) mass is 309 g/mol. The molecule has 6 heteroatoms. The average molecular weight is 310 g/mol. The zero-order valence-corrected chi connectivity index (χ0v) is 12.3. The van der Waals surface area contributed by atoms with Gasteiger partial charge in [0.1, 0.15) is 12.4 Å². The van der Waals surface area contributed by atoms with Crippen LogP contribution in [0.1, 0.15) is 17.2 Å². The van der Waals surface area contributed by atoms with Gasteiger partial charge >= 0.3 is 0 Å². The van der Waals surface area contributed by atoms with Gasteiger partial charge < -0.3 is 5.32 Å². The van der Waals surface area contributed by atoms with Crippen molar-refractivity contribution in [3.63, 3.8) is 0 Å². The summed E-state index contributed by atoms with van der Waals surface area (Å²) in [4.78, 5) is 8.44. The van der Waals surface area contributed by atoms with Crippen LogP contribution in [0.15, 0.2) is 61.2 Å². The van der Waals surface area contributed by atoms with Crippen molar-refractivity contribution in [1.29, 1.82) is 0 Å². The molecule has 1 aliphatic rings. The first kappa shape index (κ1) is 13.0. The minimum Gasteiger partial charge on any atom is -0.324 e. The smallest absolute Gasteiger partial charge is 0.226 e. The van der Waals surface area contributed by atoms with E-state index < -0.39 is 0 Å². The molecule has 0 radical (unpaired) electrons. The van der Waals surface area contributed by atoms with Gasteiger partial charge in [0.15, 0.2) is 0 Å². The van der Waals surface area contributed by atoms with Crippen molar-refractivity contribution in [2.24, 2.45) is 0 Å². The molecule has 108 valence electrons. The van der Waals surface area contributed by atoms with Gasteiger partial charge in [-0.1, -0.05) is 29.8 Å². The molecule has 0 saturated carbocycles. The van der Waals surface area contributed by atoms with Crippen LogP contribution in [0.3, 0.4) is 0 Å². The molecule has 0 aliphatic carbocycles. The van der Waals surface area contributed by atoms with Gasteiger partial charge in [-0.25, -0.2) is 4.68 Å². The molecule has 4 rings (SSSR count). The van der Waals surface area contributed by atoms with Crippen molar-refractivity contribution in [2.75, 3.05) is 5.32 Å². The lowest BCUT2D eigenvalue weighted by Crippen LogP contribution is -2.20. The Kier molecular flexibility index (Phi) is 3.12. The Morgan fingerprint density at radius 3 is 2.86 bits per heavy atom. The third-order valence-corrected chi connectivity index (χ3v) is 3.95. The lowest BCUT2D eigenvalue weighted by molar-refractivity contribution is 0.612. The number of nitrogens with zero attached hydrogens (tertiary/aromatic N) is 4. The number of allylic oxidation sites excluding steroid dienone is 1. The standard InChI is InChI=1S/C16H12ClN5/c17-13-6-2-1-5-12(13)15-8-14(11-4-3-7-18-9-11)21-16-19-10-20-22(15)16/h1-10,15H,(H,19,20,21)/t15-/m0/s1. The molecule has 3 heterocycles. The zero-order chi connectivity index (χ0) is 14.9. The molecular weight excluding hydrogens is 298 g/mol. The van der Waals surface area contributed by atoms with Gasteiger partial charge in [0.2, 0.25) is 5.95 Å². The molecule has 22 heavy (non-hydrogen) atoms. The van der Waals surface area contributed by atoms with Gasteiger partial charge in [0.25, 0.3) is 0 Å². The average Bonchev–Trinajstić information content (AvgIpc) is 3.04. The summed E-state index contributed by atoms with van der Waals surface area (Å²) in [6.07, 6.45) is 7.18. The maximum atomic E-state index is 6.36. The summed E-state index contributed by atoms with van der Waals surface area (Å²) in [5.74, 6) is 0.686. The highest BCUT2D eigenvalue weighted by Gasteiger charge is 2.24. The van der Waals surface area contributed by atoms with E-state index in [2.05, 4.69) is 26.5 Å². The summed E-state index contributed by atoms with van der Waals surface area (Å²) < 4.78 is 1.82. The van der Waals surface area contributed by atoms with Crippen molar-refractivity contribution >= 4 is 23.2 Å². The Bertz CT molecular complexity index is 841. The second kappa shape index (κ2) is 5.27. The summed E-state index contributed by atoms with van der Waals surface area (Å²) in [5, 5.41) is 8.29. The molecule has 0 bridgehead atoms. The minimum atomic E-state index is -0.109. The Labute approximate surface area is 132 Å². The number of fused-ring (bicyclic) bond motifs is 1. The Morgan fingerprint density at radius 2 is 2.05 bits per heavy atom. The van der Waals surface area contributed by atoms with E-state index in [1.54, 1.807) is 6.20 Å². The first-order valence-corrected chi connectivity index (χ1v) is 7.24. The highest BCUT2D eigenvalue weighted by atomic mass is 35.5. The molecule has 2 aromatic heterocycles. The molecular formula is C16H12ClN5. The largest absolute Gasteiger partial charge is 0.324 e. The van der Waals surface area contributed by atoms with Crippen LogP contribution in [-0.2, 0) is 0 Å². The van der Waals surface area contributed by atoms with Gasteiger partial charge in [-0.05, 0) is 29.8 Å². The van der Waals surface area contributed by atoms with Gasteiger partial charge in [-0.2, -0.15) is 10.1 Å². The third-order valence-electron chi connectivity index (χ3n) is 3.60. The quantitative estimate of drug-likeness (QED) is 0.788. The van der Waals surface area contributed by atoms with Crippen molar-refractivity contribution < 1.29 is 0 Å². The van der Waals surface area contributed by atoms with Crippen LogP contribution in [0.2, 0.25) is 5.02 Å². The fraction of sp³-hybridized carbons (Fsp3) is 0.0625. The number of nitrogens with one attached hydrogen (secondary N) is 1. The van der Waals surface area contributed by atoms with E-state index >= 15 is 0 Å². The molecule has 5 nitrogen and oxygen atoms in total. The summed E-state index contributed by atoms with van der Waals surface area (Å²) in [5.41, 5.74) is 2.92. The number of halogens is 1. The van der Waals surface area contributed by atoms with Gasteiger partial charge in [0.05, 0.1) is 0 Å². The summed E-state index contributed by atoms with van der Waals surface area (Å²) >= 11 is 6.36. The van der Waals surface area contributed by atoms with E-state index in [0.717, 1.165) is 16.8 Å². The molecule has 0 spiro atoms. The van der Waals surface area contributed by atoms with Crippen LogP contribution < -0.4 is 5.32 Å². The highest BCUT2D eigenvalue weighted by Crippen LogP contribution is 2.34. The molecule has 1 aliphatic heterocycles. The maximum Gasteiger partial charge on any atom is 0.226 e. The molecule has 0 fully saturated rings. The predicted octanol–water partition coefficient (Wildman–Crippen LogP) is 3.38. The van der Waals surface area contributed by atoms with E-state index in [0.29, 0.717) is 11.0 Å². The normalized spacial score (nSPS) is 16.6. The molecule has 1 atom stereocenters.